The standard InChI is InChI=1S/C13H10ClNS2/c1-7-10-5-9(14)3-4-12(10)17-13(7)11-6-16-8(2)15-11/h3-6H,1-2H3. The molecule has 0 aliphatic rings. The monoisotopic (exact) mass is 279 g/mol. The smallest absolute Gasteiger partial charge is 0.0917 e. The summed E-state index contributed by atoms with van der Waals surface area (Å²) in [7, 11) is 0. The van der Waals surface area contributed by atoms with E-state index in [1.807, 2.05) is 19.1 Å². The van der Waals surface area contributed by atoms with E-state index >= 15 is 0 Å². The van der Waals surface area contributed by atoms with Gasteiger partial charge in [-0.15, -0.1) is 22.7 Å². The molecule has 0 atom stereocenters. The van der Waals surface area contributed by atoms with E-state index in [1.54, 1.807) is 22.7 Å². The number of halogens is 1. The highest BCUT2D eigenvalue weighted by atomic mass is 35.5. The largest absolute Gasteiger partial charge is 0.241 e. The highest BCUT2D eigenvalue weighted by molar-refractivity contribution is 7.22. The first-order chi connectivity index (χ1) is 8.15. The van der Waals surface area contributed by atoms with Crippen LogP contribution in [0.5, 0.6) is 0 Å². The molecule has 0 N–H and O–H groups in total. The number of nitrogens with zero attached hydrogens (tertiary/aromatic N) is 1. The predicted molar refractivity (Wildman–Crippen MR) is 77.4 cm³/mol. The Morgan fingerprint density at radius 1 is 1.24 bits per heavy atom. The quantitative estimate of drug-likeness (QED) is 0.589. The summed E-state index contributed by atoms with van der Waals surface area (Å²) in [5, 5.41) is 5.26. The first kappa shape index (κ1) is 11.2. The normalized spacial score (nSPS) is 11.2. The second-order valence-corrected chi connectivity index (χ2v) is 6.50. The molecule has 0 amide bonds. The first-order valence-corrected chi connectivity index (χ1v) is 7.34. The SMILES string of the molecule is Cc1nc(-c2sc3ccc(Cl)cc3c2C)cs1. The molecule has 3 rings (SSSR count). The summed E-state index contributed by atoms with van der Waals surface area (Å²) in [6.07, 6.45) is 0. The van der Waals surface area contributed by atoms with Gasteiger partial charge in [-0.1, -0.05) is 11.6 Å². The number of fused-ring (bicyclic) bond motifs is 1. The maximum absolute atomic E-state index is 6.04. The molecule has 4 heteroatoms. The van der Waals surface area contributed by atoms with Crippen LogP contribution in [0.15, 0.2) is 23.6 Å². The van der Waals surface area contributed by atoms with Crippen molar-refractivity contribution in [3.8, 4) is 10.6 Å². The fourth-order valence-corrected chi connectivity index (χ4v) is 3.91. The third kappa shape index (κ3) is 1.88. The van der Waals surface area contributed by atoms with Crippen LogP contribution in [0.3, 0.4) is 0 Å². The van der Waals surface area contributed by atoms with E-state index in [1.165, 1.54) is 20.5 Å². The molecule has 0 aliphatic heterocycles. The summed E-state index contributed by atoms with van der Waals surface area (Å²) in [6.45, 7) is 4.17. The molecule has 2 aromatic heterocycles. The molecule has 0 aliphatic carbocycles. The van der Waals surface area contributed by atoms with Gasteiger partial charge in [0.25, 0.3) is 0 Å². The van der Waals surface area contributed by atoms with Crippen molar-refractivity contribution in [1.29, 1.82) is 0 Å². The van der Waals surface area contributed by atoms with Crippen molar-refractivity contribution < 1.29 is 0 Å². The fraction of sp³-hybridized carbons (Fsp3) is 0.154. The Morgan fingerprint density at radius 2 is 2.06 bits per heavy atom. The lowest BCUT2D eigenvalue weighted by molar-refractivity contribution is 1.30. The average Bonchev–Trinajstić information content (AvgIpc) is 2.84. The Morgan fingerprint density at radius 3 is 2.76 bits per heavy atom. The zero-order valence-corrected chi connectivity index (χ0v) is 11.8. The van der Waals surface area contributed by atoms with Crippen molar-refractivity contribution in [3.05, 3.63) is 39.2 Å². The van der Waals surface area contributed by atoms with Crippen molar-refractivity contribution >= 4 is 44.4 Å². The van der Waals surface area contributed by atoms with E-state index in [0.717, 1.165) is 15.7 Å². The van der Waals surface area contributed by atoms with Crippen molar-refractivity contribution in [1.82, 2.24) is 4.98 Å². The van der Waals surface area contributed by atoms with Crippen molar-refractivity contribution in [2.75, 3.05) is 0 Å². The highest BCUT2D eigenvalue weighted by Gasteiger charge is 2.12. The average molecular weight is 280 g/mol. The molecule has 1 aromatic carbocycles. The molecule has 0 spiro atoms. The molecule has 17 heavy (non-hydrogen) atoms. The minimum atomic E-state index is 0.791. The molecular weight excluding hydrogens is 270 g/mol. The van der Waals surface area contributed by atoms with E-state index in [9.17, 15) is 0 Å². The number of aryl methyl sites for hydroxylation is 2. The van der Waals surface area contributed by atoms with Crippen LogP contribution in [-0.2, 0) is 0 Å². The van der Waals surface area contributed by atoms with Gasteiger partial charge in [-0.2, -0.15) is 0 Å². The summed E-state index contributed by atoms with van der Waals surface area (Å²) in [6, 6.07) is 6.05. The molecule has 1 nitrogen and oxygen atoms in total. The Balaban J connectivity index is 2.27. The lowest BCUT2D eigenvalue weighted by atomic mass is 10.1. The lowest BCUT2D eigenvalue weighted by Crippen LogP contribution is -1.76. The molecule has 0 radical (unpaired) electrons. The van der Waals surface area contributed by atoms with Crippen molar-refractivity contribution in [2.24, 2.45) is 0 Å². The summed E-state index contributed by atoms with van der Waals surface area (Å²) >= 11 is 9.52. The minimum Gasteiger partial charge on any atom is -0.241 e. The van der Waals surface area contributed by atoms with E-state index in [-0.39, 0.29) is 0 Å². The second kappa shape index (κ2) is 4.09. The number of rotatable bonds is 1. The molecule has 3 aromatic rings. The Hall–Kier alpha value is -0.900. The van der Waals surface area contributed by atoms with Gasteiger partial charge in [0.2, 0.25) is 0 Å². The summed E-state index contributed by atoms with van der Waals surface area (Å²) in [4.78, 5) is 5.81. The fourth-order valence-electron chi connectivity index (χ4n) is 1.91. The second-order valence-electron chi connectivity index (χ2n) is 3.95. The molecular formula is C13H10ClNS2. The predicted octanol–water partition coefficient (Wildman–Crippen LogP) is 5.30. The molecule has 0 fully saturated rings. The van der Waals surface area contributed by atoms with Crippen LogP contribution < -0.4 is 0 Å². The maximum Gasteiger partial charge on any atom is 0.0917 e. The highest BCUT2D eigenvalue weighted by Crippen LogP contribution is 2.39. The van der Waals surface area contributed by atoms with E-state index in [0.29, 0.717) is 0 Å². The number of hydrogen-bond donors (Lipinski definition) is 0. The molecule has 86 valence electrons. The van der Waals surface area contributed by atoms with Gasteiger partial charge in [-0.25, -0.2) is 4.98 Å². The minimum absolute atomic E-state index is 0.791. The summed E-state index contributed by atoms with van der Waals surface area (Å²) < 4.78 is 1.27. The van der Waals surface area contributed by atoms with Crippen LogP contribution >= 0.6 is 34.3 Å². The summed E-state index contributed by atoms with van der Waals surface area (Å²) in [5.41, 5.74) is 2.36. The van der Waals surface area contributed by atoms with E-state index < -0.39 is 0 Å². The topological polar surface area (TPSA) is 12.9 Å². The van der Waals surface area contributed by atoms with Crippen molar-refractivity contribution in [2.45, 2.75) is 13.8 Å². The molecule has 2 heterocycles. The Kier molecular flexibility index (Phi) is 2.69. The van der Waals surface area contributed by atoms with Gasteiger partial charge in [-0.05, 0) is 43.0 Å². The van der Waals surface area contributed by atoms with Gasteiger partial charge in [0.05, 0.1) is 15.6 Å². The zero-order chi connectivity index (χ0) is 12.0. The molecule has 0 unspecified atom stereocenters. The number of benzene rings is 1. The number of aromatic nitrogens is 1. The Bertz CT molecular complexity index is 697. The number of thiazole rings is 1. The van der Waals surface area contributed by atoms with Crippen LogP contribution in [0.25, 0.3) is 20.7 Å². The first-order valence-electron chi connectivity index (χ1n) is 5.26. The molecule has 0 saturated heterocycles. The van der Waals surface area contributed by atoms with Crippen LogP contribution in [0.1, 0.15) is 10.6 Å². The van der Waals surface area contributed by atoms with Gasteiger partial charge >= 0.3 is 0 Å². The zero-order valence-electron chi connectivity index (χ0n) is 9.45. The van der Waals surface area contributed by atoms with Crippen molar-refractivity contribution in [3.63, 3.8) is 0 Å². The third-order valence-corrected chi connectivity index (χ3v) is 5.05. The summed E-state index contributed by atoms with van der Waals surface area (Å²) in [5.74, 6) is 0. The number of hydrogen-bond acceptors (Lipinski definition) is 3. The van der Waals surface area contributed by atoms with Gasteiger partial charge < -0.3 is 0 Å². The van der Waals surface area contributed by atoms with Crippen LogP contribution in [0.4, 0.5) is 0 Å². The van der Waals surface area contributed by atoms with Gasteiger partial charge in [-0.3, -0.25) is 0 Å². The van der Waals surface area contributed by atoms with Gasteiger partial charge in [0, 0.05) is 15.1 Å². The molecule has 0 bridgehead atoms. The van der Waals surface area contributed by atoms with E-state index in [2.05, 4.69) is 23.4 Å². The molecule has 0 saturated carbocycles. The van der Waals surface area contributed by atoms with Crippen LogP contribution in [0, 0.1) is 13.8 Å². The van der Waals surface area contributed by atoms with Crippen LogP contribution in [-0.4, -0.2) is 4.98 Å². The van der Waals surface area contributed by atoms with Gasteiger partial charge in [0.15, 0.2) is 0 Å². The van der Waals surface area contributed by atoms with Gasteiger partial charge in [0.1, 0.15) is 0 Å². The number of thiophene rings is 1. The maximum atomic E-state index is 6.04. The van der Waals surface area contributed by atoms with E-state index in [4.69, 9.17) is 11.6 Å². The van der Waals surface area contributed by atoms with Crippen LogP contribution in [0.2, 0.25) is 5.02 Å². The lowest BCUT2D eigenvalue weighted by Gasteiger charge is -1.94. The Labute approximate surface area is 113 Å². The third-order valence-electron chi connectivity index (χ3n) is 2.75.